The Labute approximate surface area is 198 Å². The molecular weight excluding hydrogens is 415 g/mol. The van der Waals surface area contributed by atoms with Crippen LogP contribution in [0.15, 0.2) is 60.7 Å². The molecule has 3 rings (SSSR count). The van der Waals surface area contributed by atoms with E-state index >= 15 is 0 Å². The van der Waals surface area contributed by atoms with E-state index in [1.807, 2.05) is 76.2 Å². The first-order chi connectivity index (χ1) is 15.7. The van der Waals surface area contributed by atoms with Crippen LogP contribution in [0.25, 0.3) is 0 Å². The van der Waals surface area contributed by atoms with Crippen molar-refractivity contribution >= 4 is 13.0 Å². The largest absolute Gasteiger partial charge is 0.481 e. The van der Waals surface area contributed by atoms with Gasteiger partial charge in [-0.05, 0) is 58.1 Å². The molecule has 0 saturated carbocycles. The summed E-state index contributed by atoms with van der Waals surface area (Å²) in [5.74, 6) is -0.565. The quantitative estimate of drug-likeness (QED) is 0.509. The molecule has 1 aliphatic heterocycles. The summed E-state index contributed by atoms with van der Waals surface area (Å²) in [4.78, 5) is 12.9. The smallest absolute Gasteiger partial charge is 0.402 e. The fourth-order valence-electron chi connectivity index (χ4n) is 3.74. The Morgan fingerprint density at radius 2 is 1.52 bits per heavy atom. The maximum Gasteiger partial charge on any atom is 0.481 e. The minimum absolute atomic E-state index is 0.140. The highest BCUT2D eigenvalue weighted by Crippen LogP contribution is 2.38. The van der Waals surface area contributed by atoms with Crippen molar-refractivity contribution in [3.05, 3.63) is 71.8 Å². The van der Waals surface area contributed by atoms with E-state index in [4.69, 9.17) is 19.8 Å². The van der Waals surface area contributed by atoms with Gasteiger partial charge in [-0.15, -0.1) is 0 Å². The Bertz CT molecular complexity index is 860. The summed E-state index contributed by atoms with van der Waals surface area (Å²) < 4.78 is 18.1. The van der Waals surface area contributed by atoms with Gasteiger partial charge < -0.3 is 25.1 Å². The summed E-state index contributed by atoms with van der Waals surface area (Å²) in [5, 5.41) is 3.08. The molecule has 2 aromatic rings. The number of nitrogens with one attached hydrogen (secondary N) is 1. The fraction of sp³-hybridized carbons (Fsp3) is 0.500. The number of hydrogen-bond donors (Lipinski definition) is 2. The molecule has 6 nitrogen and oxygen atoms in total. The van der Waals surface area contributed by atoms with Crippen LogP contribution < -0.4 is 11.1 Å². The van der Waals surface area contributed by atoms with E-state index in [0.717, 1.165) is 24.8 Å². The van der Waals surface area contributed by atoms with Crippen molar-refractivity contribution < 1.29 is 18.8 Å². The molecule has 3 N–H and O–H groups in total. The van der Waals surface area contributed by atoms with Gasteiger partial charge in [0.2, 0.25) is 5.91 Å². The number of ether oxygens (including phenoxy) is 1. The number of rotatable bonds is 11. The molecule has 1 fully saturated rings. The zero-order valence-electron chi connectivity index (χ0n) is 20.3. The van der Waals surface area contributed by atoms with Gasteiger partial charge in [0.15, 0.2) is 0 Å². The van der Waals surface area contributed by atoms with Crippen molar-refractivity contribution in [3.8, 4) is 0 Å². The highest BCUT2D eigenvalue weighted by atomic mass is 16.7. The maximum atomic E-state index is 12.9. The van der Waals surface area contributed by atoms with Crippen LogP contribution in [-0.2, 0) is 31.9 Å². The lowest BCUT2D eigenvalue weighted by Gasteiger charge is -2.32. The lowest BCUT2D eigenvalue weighted by molar-refractivity contribution is -0.124. The lowest BCUT2D eigenvalue weighted by atomic mass is 9.75. The summed E-state index contributed by atoms with van der Waals surface area (Å²) in [6, 6.07) is 19.4. The van der Waals surface area contributed by atoms with Crippen molar-refractivity contribution in [1.29, 1.82) is 0 Å². The van der Waals surface area contributed by atoms with E-state index in [1.54, 1.807) is 0 Å². The van der Waals surface area contributed by atoms with Gasteiger partial charge in [-0.1, -0.05) is 60.7 Å². The highest BCUT2D eigenvalue weighted by Gasteiger charge is 2.54. The Kier molecular flexibility index (Phi) is 8.71. The first kappa shape index (κ1) is 25.4. The van der Waals surface area contributed by atoms with Crippen LogP contribution in [0.4, 0.5) is 0 Å². The van der Waals surface area contributed by atoms with Crippen molar-refractivity contribution in [2.45, 2.75) is 76.7 Å². The van der Waals surface area contributed by atoms with Crippen LogP contribution in [0, 0.1) is 0 Å². The first-order valence-electron chi connectivity index (χ1n) is 11.8. The van der Waals surface area contributed by atoms with Gasteiger partial charge in [0.1, 0.15) is 6.04 Å². The number of nitrogens with two attached hydrogens (primary N) is 1. The van der Waals surface area contributed by atoms with E-state index in [0.29, 0.717) is 6.61 Å². The normalized spacial score (nSPS) is 18.6. The van der Waals surface area contributed by atoms with Gasteiger partial charge in [-0.2, -0.15) is 0 Å². The third-order valence-corrected chi connectivity index (χ3v) is 6.50. The Morgan fingerprint density at radius 3 is 2.09 bits per heavy atom. The lowest BCUT2D eigenvalue weighted by Crippen LogP contribution is -2.53. The van der Waals surface area contributed by atoms with Gasteiger partial charge in [0.05, 0.1) is 30.4 Å². The van der Waals surface area contributed by atoms with E-state index in [2.05, 4.69) is 17.4 Å². The second-order valence-corrected chi connectivity index (χ2v) is 9.72. The third kappa shape index (κ3) is 7.15. The Morgan fingerprint density at radius 1 is 0.970 bits per heavy atom. The standard InChI is InChI=1S/C26H37BN2O4/c1-25(2)26(3,4)33-27(32-25)23(17-11-16-20-12-7-5-8-13-20)29-24(30)22(28)19-31-18-21-14-9-6-10-15-21/h5-10,12-15,22-23H,11,16-19,28H2,1-4H3,(H,29,30)/t22-,23+/m1/s1. The zero-order valence-corrected chi connectivity index (χ0v) is 20.3. The van der Waals surface area contributed by atoms with Crippen molar-refractivity contribution in [1.82, 2.24) is 5.32 Å². The minimum atomic E-state index is -0.771. The molecule has 0 radical (unpaired) electrons. The molecule has 1 heterocycles. The van der Waals surface area contributed by atoms with Crippen LogP contribution >= 0.6 is 0 Å². The van der Waals surface area contributed by atoms with Crippen molar-refractivity contribution in [2.24, 2.45) is 5.73 Å². The SMILES string of the molecule is CC1(C)OB([C@H](CCCc2ccccc2)NC(=O)[C@H](N)COCc2ccccc2)OC1(C)C. The molecule has 0 bridgehead atoms. The summed E-state index contributed by atoms with van der Waals surface area (Å²) in [6.45, 7) is 8.61. The van der Waals surface area contributed by atoms with E-state index < -0.39 is 24.4 Å². The predicted molar refractivity (Wildman–Crippen MR) is 131 cm³/mol. The Balaban J connectivity index is 1.57. The molecule has 2 aromatic carbocycles. The van der Waals surface area contributed by atoms with Crippen LogP contribution in [0.2, 0.25) is 0 Å². The molecule has 2 atom stereocenters. The number of carbonyl (C=O) groups excluding carboxylic acids is 1. The topological polar surface area (TPSA) is 82.8 Å². The van der Waals surface area contributed by atoms with Crippen LogP contribution in [-0.4, -0.2) is 42.8 Å². The molecule has 1 amide bonds. The predicted octanol–water partition coefficient (Wildman–Crippen LogP) is 3.67. The molecule has 1 aliphatic rings. The van der Waals surface area contributed by atoms with Crippen molar-refractivity contribution in [3.63, 3.8) is 0 Å². The maximum absolute atomic E-state index is 12.9. The summed E-state index contributed by atoms with van der Waals surface area (Å²) in [6.07, 6.45) is 2.52. The first-order valence-corrected chi connectivity index (χ1v) is 11.8. The molecule has 178 valence electrons. The number of hydrogen-bond acceptors (Lipinski definition) is 5. The molecule has 0 unspecified atom stereocenters. The molecule has 33 heavy (non-hydrogen) atoms. The summed E-state index contributed by atoms with van der Waals surface area (Å²) >= 11 is 0. The number of aryl methyl sites for hydroxylation is 1. The summed E-state index contributed by atoms with van der Waals surface area (Å²) in [7, 11) is -0.535. The zero-order chi connectivity index (χ0) is 23.9. The Hall–Kier alpha value is -2.19. The molecule has 7 heteroatoms. The van der Waals surface area contributed by atoms with E-state index in [9.17, 15) is 4.79 Å². The average Bonchev–Trinajstić information content (AvgIpc) is 3.01. The minimum Gasteiger partial charge on any atom is -0.402 e. The second-order valence-electron chi connectivity index (χ2n) is 9.72. The number of benzene rings is 2. The van der Waals surface area contributed by atoms with Gasteiger partial charge in [-0.3, -0.25) is 4.79 Å². The number of carbonyl (C=O) groups is 1. The van der Waals surface area contributed by atoms with Crippen LogP contribution in [0.1, 0.15) is 51.7 Å². The molecule has 0 spiro atoms. The van der Waals surface area contributed by atoms with Crippen molar-refractivity contribution in [2.75, 3.05) is 6.61 Å². The molecular formula is C26H37BN2O4. The molecule has 0 aromatic heterocycles. The van der Waals surface area contributed by atoms with Crippen LogP contribution in [0.5, 0.6) is 0 Å². The molecule has 1 saturated heterocycles. The fourth-order valence-corrected chi connectivity index (χ4v) is 3.74. The summed E-state index contributed by atoms with van der Waals surface area (Å²) in [5.41, 5.74) is 7.50. The third-order valence-electron chi connectivity index (χ3n) is 6.50. The van der Waals surface area contributed by atoms with E-state index in [1.165, 1.54) is 5.56 Å². The highest BCUT2D eigenvalue weighted by molar-refractivity contribution is 6.48. The second kappa shape index (κ2) is 11.3. The average molecular weight is 452 g/mol. The van der Waals surface area contributed by atoms with Gasteiger partial charge in [0.25, 0.3) is 0 Å². The molecule has 0 aliphatic carbocycles. The monoisotopic (exact) mass is 452 g/mol. The van der Waals surface area contributed by atoms with E-state index in [-0.39, 0.29) is 18.5 Å². The van der Waals surface area contributed by atoms with Crippen LogP contribution in [0.3, 0.4) is 0 Å². The number of amides is 1. The van der Waals surface area contributed by atoms with Gasteiger partial charge >= 0.3 is 7.12 Å². The van der Waals surface area contributed by atoms with Gasteiger partial charge in [-0.25, -0.2) is 0 Å². The van der Waals surface area contributed by atoms with Gasteiger partial charge in [0, 0.05) is 0 Å².